The fourth-order valence-electron chi connectivity index (χ4n) is 4.25. The number of aromatic nitrogens is 3. The van der Waals surface area contributed by atoms with Gasteiger partial charge in [0, 0.05) is 29.1 Å². The zero-order chi connectivity index (χ0) is 19.4. The lowest BCUT2D eigenvalue weighted by atomic mass is 9.80. The Morgan fingerprint density at radius 2 is 2.00 bits per heavy atom. The van der Waals surface area contributed by atoms with Crippen molar-refractivity contribution in [3.63, 3.8) is 0 Å². The lowest BCUT2D eigenvalue weighted by molar-refractivity contribution is 0.627. The highest BCUT2D eigenvalue weighted by atomic mass is 32.1. The molecule has 1 atom stereocenters. The van der Waals surface area contributed by atoms with E-state index in [1.165, 1.54) is 34.6 Å². The maximum atomic E-state index is 13.2. The summed E-state index contributed by atoms with van der Waals surface area (Å²) in [6.07, 6.45) is 6.46. The molecule has 0 saturated heterocycles. The minimum atomic E-state index is -0.228. The molecule has 6 heteroatoms. The summed E-state index contributed by atoms with van der Waals surface area (Å²) in [6, 6.07) is 12.3. The predicted molar refractivity (Wildman–Crippen MR) is 114 cm³/mol. The number of hydrogen-bond donors (Lipinski definition) is 1. The summed E-state index contributed by atoms with van der Waals surface area (Å²) in [5.41, 5.74) is 4.53. The van der Waals surface area contributed by atoms with Gasteiger partial charge in [0.1, 0.15) is 22.2 Å². The normalized spacial score (nSPS) is 16.9. The quantitative estimate of drug-likeness (QED) is 0.472. The summed E-state index contributed by atoms with van der Waals surface area (Å²) in [7, 11) is 0. The first kappa shape index (κ1) is 16.8. The zero-order valence-electron chi connectivity index (χ0n) is 15.5. The van der Waals surface area contributed by atoms with E-state index in [1.54, 1.807) is 29.7 Å². The predicted octanol–water partition coefficient (Wildman–Crippen LogP) is 5.78. The summed E-state index contributed by atoms with van der Waals surface area (Å²) >= 11 is 1.78. The van der Waals surface area contributed by atoms with E-state index in [0.717, 1.165) is 33.7 Å². The Kier molecular flexibility index (Phi) is 3.74. The molecule has 2 aliphatic rings. The molecule has 1 N–H and O–H groups in total. The Balaban J connectivity index is 1.47. The molecule has 0 amide bonds. The summed E-state index contributed by atoms with van der Waals surface area (Å²) in [5, 5.41) is 4.59. The van der Waals surface area contributed by atoms with Crippen LogP contribution >= 0.6 is 11.3 Å². The average molecular weight is 400 g/mol. The number of thiophene rings is 1. The van der Waals surface area contributed by atoms with Gasteiger partial charge in [0.15, 0.2) is 5.82 Å². The van der Waals surface area contributed by atoms with Gasteiger partial charge in [-0.25, -0.2) is 14.4 Å². The Labute approximate surface area is 171 Å². The number of nitrogens with zero attached hydrogens (tertiary/aromatic N) is 3. The largest absolute Gasteiger partial charge is 0.365 e. The number of hydrogen-bond acceptors (Lipinski definition) is 5. The number of benzene rings is 1. The van der Waals surface area contributed by atoms with Crippen molar-refractivity contribution in [2.45, 2.75) is 25.3 Å². The molecule has 142 valence electrons. The van der Waals surface area contributed by atoms with E-state index in [9.17, 15) is 4.39 Å². The van der Waals surface area contributed by atoms with Crippen molar-refractivity contribution in [1.82, 2.24) is 15.0 Å². The highest BCUT2D eigenvalue weighted by molar-refractivity contribution is 7.19. The highest BCUT2D eigenvalue weighted by Gasteiger charge is 2.39. The first-order chi connectivity index (χ1) is 14.3. The standard InChI is InChI=1S/C23H17FN4S/c24-14-9-7-13(8-10-14)12-26-22-19-18-15-4-3-5-16(15)20(18)29-23(19)28-21(27-22)17-6-1-2-11-25-17/h1-2,4,6-11,16H,3,5,12H2,(H,26,27,28). The lowest BCUT2D eigenvalue weighted by Gasteiger charge is -2.26. The Morgan fingerprint density at radius 1 is 1.10 bits per heavy atom. The number of allylic oxidation sites excluding steroid dienone is 2. The molecule has 29 heavy (non-hydrogen) atoms. The molecule has 4 nitrogen and oxygen atoms in total. The third-order valence-corrected chi connectivity index (χ3v) is 6.84. The first-order valence-electron chi connectivity index (χ1n) is 9.72. The molecule has 3 heterocycles. The minimum Gasteiger partial charge on any atom is -0.365 e. The lowest BCUT2D eigenvalue weighted by Crippen LogP contribution is -2.10. The number of halogens is 1. The van der Waals surface area contributed by atoms with Gasteiger partial charge >= 0.3 is 0 Å². The minimum absolute atomic E-state index is 0.228. The van der Waals surface area contributed by atoms with E-state index in [-0.39, 0.29) is 5.82 Å². The summed E-state index contributed by atoms with van der Waals surface area (Å²) in [4.78, 5) is 16.6. The van der Waals surface area contributed by atoms with Gasteiger partial charge in [0.05, 0.1) is 5.39 Å². The van der Waals surface area contributed by atoms with Crippen molar-refractivity contribution >= 4 is 32.9 Å². The molecule has 2 aliphatic carbocycles. The van der Waals surface area contributed by atoms with Crippen LogP contribution in [0.3, 0.4) is 0 Å². The molecule has 6 rings (SSSR count). The smallest absolute Gasteiger partial charge is 0.181 e. The second kappa shape index (κ2) is 6.46. The summed E-state index contributed by atoms with van der Waals surface area (Å²) in [6.45, 7) is 0.571. The van der Waals surface area contributed by atoms with Gasteiger partial charge in [-0.15, -0.1) is 11.3 Å². The van der Waals surface area contributed by atoms with Crippen molar-refractivity contribution in [1.29, 1.82) is 0 Å². The van der Waals surface area contributed by atoms with Gasteiger partial charge in [0.2, 0.25) is 0 Å². The maximum Gasteiger partial charge on any atom is 0.181 e. The number of fused-ring (bicyclic) bond motifs is 6. The Hall–Kier alpha value is -3.12. The molecule has 0 fully saturated rings. The molecular weight excluding hydrogens is 383 g/mol. The second-order valence-electron chi connectivity index (χ2n) is 7.40. The molecular formula is C23H17FN4S. The van der Waals surface area contributed by atoms with Crippen molar-refractivity contribution in [2.75, 3.05) is 5.32 Å². The third-order valence-electron chi connectivity index (χ3n) is 5.65. The summed E-state index contributed by atoms with van der Waals surface area (Å²) in [5.74, 6) is 1.80. The van der Waals surface area contributed by atoms with E-state index in [2.05, 4.69) is 16.4 Å². The average Bonchev–Trinajstić information content (AvgIpc) is 3.31. The first-order valence-corrected chi connectivity index (χ1v) is 10.5. The van der Waals surface area contributed by atoms with E-state index in [1.807, 2.05) is 18.2 Å². The van der Waals surface area contributed by atoms with E-state index in [4.69, 9.17) is 9.97 Å². The molecule has 4 aromatic rings. The van der Waals surface area contributed by atoms with E-state index in [0.29, 0.717) is 18.3 Å². The monoisotopic (exact) mass is 400 g/mol. The topological polar surface area (TPSA) is 50.7 Å². The van der Waals surface area contributed by atoms with Crippen LogP contribution in [0.4, 0.5) is 10.2 Å². The van der Waals surface area contributed by atoms with Crippen molar-refractivity contribution in [3.8, 4) is 11.5 Å². The van der Waals surface area contributed by atoms with Crippen LogP contribution in [-0.4, -0.2) is 15.0 Å². The SMILES string of the molecule is Fc1ccc(CNc2nc(-c3ccccn3)nc3sc4c(c23)C2=CCCC24)cc1. The van der Waals surface area contributed by atoms with Crippen LogP contribution in [0.5, 0.6) is 0 Å². The van der Waals surface area contributed by atoms with Gasteiger partial charge in [-0.1, -0.05) is 24.3 Å². The molecule has 3 aromatic heterocycles. The van der Waals surface area contributed by atoms with Crippen LogP contribution in [0.15, 0.2) is 54.7 Å². The fourth-order valence-corrected chi connectivity index (χ4v) is 5.60. The van der Waals surface area contributed by atoms with Crippen LogP contribution in [0.2, 0.25) is 0 Å². The zero-order valence-corrected chi connectivity index (χ0v) is 16.3. The fraction of sp³-hybridized carbons (Fsp3) is 0.174. The van der Waals surface area contributed by atoms with Crippen LogP contribution < -0.4 is 5.32 Å². The van der Waals surface area contributed by atoms with Gasteiger partial charge in [-0.05, 0) is 48.2 Å². The van der Waals surface area contributed by atoms with Gasteiger partial charge in [-0.3, -0.25) is 4.98 Å². The maximum absolute atomic E-state index is 13.2. The molecule has 0 bridgehead atoms. The molecule has 0 spiro atoms. The van der Waals surface area contributed by atoms with Crippen molar-refractivity contribution in [3.05, 3.63) is 76.6 Å². The number of rotatable bonds is 4. The highest BCUT2D eigenvalue weighted by Crippen LogP contribution is 2.59. The van der Waals surface area contributed by atoms with Crippen LogP contribution in [0.1, 0.15) is 34.8 Å². The molecule has 0 saturated carbocycles. The van der Waals surface area contributed by atoms with Gasteiger partial charge < -0.3 is 5.32 Å². The second-order valence-corrected chi connectivity index (χ2v) is 8.43. The van der Waals surface area contributed by atoms with Gasteiger partial charge in [0.25, 0.3) is 0 Å². The van der Waals surface area contributed by atoms with Crippen LogP contribution in [0, 0.1) is 5.82 Å². The Morgan fingerprint density at radius 3 is 2.83 bits per heavy atom. The Bertz CT molecular complexity index is 1260. The van der Waals surface area contributed by atoms with E-state index < -0.39 is 0 Å². The molecule has 0 aliphatic heterocycles. The molecule has 0 radical (unpaired) electrons. The van der Waals surface area contributed by atoms with Crippen molar-refractivity contribution in [2.24, 2.45) is 0 Å². The molecule has 1 unspecified atom stereocenters. The van der Waals surface area contributed by atoms with Gasteiger partial charge in [-0.2, -0.15) is 0 Å². The number of pyridine rings is 1. The van der Waals surface area contributed by atoms with Crippen LogP contribution in [0.25, 0.3) is 27.3 Å². The van der Waals surface area contributed by atoms with E-state index >= 15 is 0 Å². The van der Waals surface area contributed by atoms with Crippen molar-refractivity contribution < 1.29 is 4.39 Å². The van der Waals surface area contributed by atoms with Crippen LogP contribution in [-0.2, 0) is 6.54 Å². The summed E-state index contributed by atoms with van der Waals surface area (Å²) < 4.78 is 13.2. The molecule has 1 aromatic carbocycles. The number of nitrogens with one attached hydrogen (secondary N) is 1. The third kappa shape index (κ3) is 2.67. The number of anilines is 1.